The van der Waals surface area contributed by atoms with Crippen LogP contribution in [0.1, 0.15) is 0 Å². The van der Waals surface area contributed by atoms with Gasteiger partial charge in [-0.1, -0.05) is 350 Å². The third-order valence-electron chi connectivity index (χ3n) is 18.5. The van der Waals surface area contributed by atoms with Crippen molar-refractivity contribution < 1.29 is 10.0 Å². The van der Waals surface area contributed by atoms with Crippen LogP contribution in [0, 0.1) is 0 Å². The van der Waals surface area contributed by atoms with Crippen LogP contribution in [0.5, 0.6) is 0 Å². The van der Waals surface area contributed by atoms with Crippen molar-refractivity contribution >= 4 is 136 Å². The average Bonchev–Trinajstić information content (AvgIpc) is 1.70. The number of rotatable bonds is 6. The minimum Gasteiger partial charge on any atom is -0.423 e. The molecule has 432 valence electrons. The van der Waals surface area contributed by atoms with Crippen LogP contribution >= 0.6 is 15.9 Å². The average molecular weight is 1240 g/mol. The molecule has 0 aromatic heterocycles. The first-order chi connectivity index (χ1) is 45.4. The summed E-state index contributed by atoms with van der Waals surface area (Å²) in [5.74, 6) is 0. The highest BCUT2D eigenvalue weighted by atomic mass is 79.9. The van der Waals surface area contributed by atoms with Gasteiger partial charge in [-0.15, -0.1) is 0 Å². The molecule has 4 heteroatoms. The van der Waals surface area contributed by atoms with Gasteiger partial charge in [0, 0.05) is 4.47 Å². The summed E-state index contributed by atoms with van der Waals surface area (Å²) in [6, 6.07) is 121. The lowest BCUT2D eigenvalue weighted by Crippen LogP contribution is -2.31. The first kappa shape index (κ1) is 56.3. The predicted molar refractivity (Wildman–Crippen MR) is 399 cm³/mol. The second kappa shape index (κ2) is 24.1. The summed E-state index contributed by atoms with van der Waals surface area (Å²) in [5, 5.41) is 44.6. The quantitative estimate of drug-likeness (QED) is 0.0990. The Morgan fingerprint density at radius 1 is 0.185 bits per heavy atom. The molecule has 0 heterocycles. The zero-order valence-electron chi connectivity index (χ0n) is 50.2. The van der Waals surface area contributed by atoms with Gasteiger partial charge < -0.3 is 10.0 Å². The fourth-order valence-electron chi connectivity index (χ4n) is 14.3. The molecule has 18 aromatic carbocycles. The Labute approximate surface area is 542 Å². The van der Waals surface area contributed by atoms with Crippen LogP contribution in [0.15, 0.2) is 344 Å². The van der Waals surface area contributed by atoms with Gasteiger partial charge in [0.2, 0.25) is 0 Å². The Balaban J connectivity index is 0.000000123. The van der Waals surface area contributed by atoms with Gasteiger partial charge in [-0.2, -0.15) is 0 Å². The van der Waals surface area contributed by atoms with Gasteiger partial charge in [-0.05, 0) is 175 Å². The van der Waals surface area contributed by atoms with Crippen molar-refractivity contribution in [1.29, 1.82) is 0 Å². The van der Waals surface area contributed by atoms with Crippen molar-refractivity contribution in [3.63, 3.8) is 0 Å². The molecule has 0 amide bonds. The van der Waals surface area contributed by atoms with Gasteiger partial charge in [0.25, 0.3) is 0 Å². The van der Waals surface area contributed by atoms with Gasteiger partial charge in [-0.3, -0.25) is 0 Å². The molecule has 92 heavy (non-hydrogen) atoms. The van der Waals surface area contributed by atoms with E-state index in [1.54, 1.807) is 0 Å². The molecular formula is C88H58BBrO2. The number of halogens is 1. The summed E-state index contributed by atoms with van der Waals surface area (Å²) in [6.45, 7) is 0. The van der Waals surface area contributed by atoms with E-state index in [0.717, 1.165) is 37.1 Å². The maximum absolute atomic E-state index is 10.2. The van der Waals surface area contributed by atoms with E-state index in [1.807, 2.05) is 36.4 Å². The highest BCUT2D eigenvalue weighted by Crippen LogP contribution is 2.47. The molecular weight excluding hydrogens is 1180 g/mol. The molecule has 2 nitrogen and oxygen atoms in total. The number of benzene rings is 18. The number of hydrogen-bond donors (Lipinski definition) is 2. The molecule has 0 aliphatic rings. The summed E-state index contributed by atoms with van der Waals surface area (Å²) in [4.78, 5) is 0. The van der Waals surface area contributed by atoms with Crippen molar-refractivity contribution in [2.45, 2.75) is 0 Å². The van der Waals surface area contributed by atoms with Crippen LogP contribution in [0.3, 0.4) is 0 Å². The lowest BCUT2D eigenvalue weighted by Gasteiger charge is -2.19. The highest BCUT2D eigenvalue weighted by Gasteiger charge is 2.23. The van der Waals surface area contributed by atoms with E-state index in [-0.39, 0.29) is 0 Å². The largest absolute Gasteiger partial charge is 0.489 e. The molecule has 0 aliphatic heterocycles. The van der Waals surface area contributed by atoms with Crippen molar-refractivity contribution in [2.75, 3.05) is 0 Å². The maximum Gasteiger partial charge on any atom is 0.489 e. The summed E-state index contributed by atoms with van der Waals surface area (Å²) in [7, 11) is -1.54. The summed E-state index contributed by atoms with van der Waals surface area (Å²) in [6.07, 6.45) is 0. The van der Waals surface area contributed by atoms with Crippen LogP contribution < -0.4 is 5.46 Å². The Kier molecular flexibility index (Phi) is 14.7. The minimum atomic E-state index is -1.54. The molecule has 18 aromatic rings. The molecule has 0 unspecified atom stereocenters. The molecule has 0 radical (unpaired) electrons. The summed E-state index contributed by atoms with van der Waals surface area (Å²) in [5.41, 5.74) is 12.7. The van der Waals surface area contributed by atoms with Gasteiger partial charge in [0.15, 0.2) is 0 Å². The lowest BCUT2D eigenvalue weighted by atomic mass is 9.72. The molecule has 0 atom stereocenters. The zero-order chi connectivity index (χ0) is 61.7. The minimum absolute atomic E-state index is 0.553. The van der Waals surface area contributed by atoms with Crippen LogP contribution in [0.4, 0.5) is 0 Å². The van der Waals surface area contributed by atoms with Crippen molar-refractivity contribution in [2.24, 2.45) is 0 Å². The number of fused-ring (bicyclic) bond motifs is 12. The lowest BCUT2D eigenvalue weighted by molar-refractivity contribution is 0.426. The highest BCUT2D eigenvalue weighted by molar-refractivity contribution is 9.10. The third-order valence-corrected chi connectivity index (χ3v) is 19.2. The van der Waals surface area contributed by atoms with Crippen molar-refractivity contribution in [1.82, 2.24) is 0 Å². The van der Waals surface area contributed by atoms with Crippen LogP contribution in [-0.4, -0.2) is 17.2 Å². The molecule has 0 spiro atoms. The number of hydrogen-bond acceptors (Lipinski definition) is 2. The van der Waals surface area contributed by atoms with E-state index in [2.05, 4.69) is 319 Å². The smallest absolute Gasteiger partial charge is 0.423 e. The zero-order valence-corrected chi connectivity index (χ0v) is 51.8. The third kappa shape index (κ3) is 10.0. The molecule has 0 aliphatic carbocycles. The first-order valence-electron chi connectivity index (χ1n) is 31.3. The monoisotopic (exact) mass is 1240 g/mol. The van der Waals surface area contributed by atoms with E-state index in [9.17, 15) is 10.0 Å². The molecule has 2 N–H and O–H groups in total. The first-order valence-corrected chi connectivity index (χ1v) is 32.1. The standard InChI is InChI=1S/C44H28.C30H21BO2.C14H9Br/c1-3-14-33-29(11-1)13-9-20-34(33)31-23-25-32(26-24-31)43-39-16-5-7-18-41(39)44(42-19-8-6-17-40(42)43)38-22-10-21-36-35-15-4-2-12-30(35)27-28-37(36)38;32-31(33)30-27-13-5-3-11-25(27)29(26-12-4-6-14-28(26)30)22-18-16-21(17-19-22)24-15-7-9-20-8-1-2-10-23(20)24;15-14-7-3-6-12-11-5-2-1-4-10(11)8-9-13(12)14/h1-28H;1-19,32-33H;1-9H. The van der Waals surface area contributed by atoms with E-state index >= 15 is 0 Å². The van der Waals surface area contributed by atoms with Crippen LogP contribution in [-0.2, 0) is 0 Å². The SMILES string of the molecule is Brc1cccc2c1ccc1ccccc12.OB(O)c1c2ccccc2c(-c2ccc(-c3cccc4ccccc34)cc2)c2ccccc12.c1ccc2c(-c3ccc(-c4c5ccccc5c(-c5cccc6c5ccc5ccccc56)c5ccccc45)cc3)cccc2c1. The topological polar surface area (TPSA) is 40.5 Å². The van der Waals surface area contributed by atoms with Crippen LogP contribution in [0.25, 0.3) is 163 Å². The van der Waals surface area contributed by atoms with E-state index in [1.165, 1.54) is 131 Å². The van der Waals surface area contributed by atoms with Crippen molar-refractivity contribution in [3.8, 4) is 55.6 Å². The maximum atomic E-state index is 10.2. The Morgan fingerprint density at radius 2 is 0.467 bits per heavy atom. The normalized spacial score (nSPS) is 11.4. The molecule has 0 saturated heterocycles. The molecule has 0 saturated carbocycles. The van der Waals surface area contributed by atoms with Gasteiger partial charge in [0.1, 0.15) is 0 Å². The van der Waals surface area contributed by atoms with Crippen LogP contribution in [0.2, 0.25) is 0 Å². The van der Waals surface area contributed by atoms with Gasteiger partial charge in [-0.25, -0.2) is 0 Å². The Bertz CT molecular complexity index is 5750. The second-order valence-electron chi connectivity index (χ2n) is 23.6. The van der Waals surface area contributed by atoms with E-state index in [0.29, 0.717) is 5.46 Å². The van der Waals surface area contributed by atoms with Gasteiger partial charge in [0.05, 0.1) is 0 Å². The van der Waals surface area contributed by atoms with E-state index < -0.39 is 7.12 Å². The molecule has 18 rings (SSSR count). The fourth-order valence-corrected chi connectivity index (χ4v) is 14.8. The Hall–Kier alpha value is -11.0. The van der Waals surface area contributed by atoms with E-state index in [4.69, 9.17) is 0 Å². The van der Waals surface area contributed by atoms with Crippen molar-refractivity contribution in [3.05, 3.63) is 344 Å². The molecule has 0 bridgehead atoms. The van der Waals surface area contributed by atoms with Gasteiger partial charge >= 0.3 is 7.12 Å². The summed E-state index contributed by atoms with van der Waals surface area (Å²) < 4.78 is 1.16. The fraction of sp³-hybridized carbons (Fsp3) is 0. The predicted octanol–water partition coefficient (Wildman–Crippen LogP) is 23.4. The molecule has 0 fully saturated rings. The summed E-state index contributed by atoms with van der Waals surface area (Å²) >= 11 is 3.58. The second-order valence-corrected chi connectivity index (χ2v) is 24.5. The Morgan fingerprint density at radius 3 is 0.902 bits per heavy atom.